The summed E-state index contributed by atoms with van der Waals surface area (Å²) >= 11 is 0. The van der Waals surface area contributed by atoms with Crippen molar-refractivity contribution >= 4 is 17.5 Å². The molecule has 5 heteroatoms. The topological polar surface area (TPSA) is 49.4 Å². The van der Waals surface area contributed by atoms with E-state index in [2.05, 4.69) is 11.9 Å². The molecule has 1 aliphatic heterocycles. The maximum Gasteiger partial charge on any atom is 0.254 e. The molecule has 0 saturated carbocycles. The van der Waals surface area contributed by atoms with E-state index in [9.17, 15) is 14.0 Å². The van der Waals surface area contributed by atoms with Gasteiger partial charge >= 0.3 is 0 Å². The summed E-state index contributed by atoms with van der Waals surface area (Å²) in [5.41, 5.74) is 2.01. The zero-order chi connectivity index (χ0) is 18.5. The van der Waals surface area contributed by atoms with Gasteiger partial charge in [0.05, 0.1) is 6.54 Å². The van der Waals surface area contributed by atoms with Crippen LogP contribution in [0.1, 0.15) is 15.9 Å². The van der Waals surface area contributed by atoms with Gasteiger partial charge in [0.25, 0.3) is 5.91 Å². The van der Waals surface area contributed by atoms with Crippen molar-refractivity contribution in [1.29, 1.82) is 0 Å². The van der Waals surface area contributed by atoms with Crippen molar-refractivity contribution in [3.8, 4) is 0 Å². The number of anilines is 1. The standard InChI is InChI=1S/C21H21FN2O2/c1-2-20(25)23-18-10-6-9-16(12-18)21(26)24-13-17(19(22)14-24)11-15-7-4-3-5-8-15/h2-10,12,17,19H,1,11,13-14H2,(H,23,25)/t17-,19+/m0/s1. The van der Waals surface area contributed by atoms with E-state index >= 15 is 0 Å². The largest absolute Gasteiger partial charge is 0.335 e. The fraction of sp³-hybridized carbons (Fsp3) is 0.238. The smallest absolute Gasteiger partial charge is 0.254 e. The maximum absolute atomic E-state index is 14.4. The molecular formula is C21H21FN2O2. The first-order valence-corrected chi connectivity index (χ1v) is 8.57. The van der Waals surface area contributed by atoms with Gasteiger partial charge < -0.3 is 10.2 Å². The van der Waals surface area contributed by atoms with Crippen LogP contribution >= 0.6 is 0 Å². The minimum Gasteiger partial charge on any atom is -0.335 e. The Balaban J connectivity index is 1.68. The number of carbonyl (C=O) groups excluding carboxylic acids is 2. The Morgan fingerprint density at radius 2 is 1.92 bits per heavy atom. The van der Waals surface area contributed by atoms with Crippen LogP contribution in [0.4, 0.5) is 10.1 Å². The molecule has 1 fully saturated rings. The van der Waals surface area contributed by atoms with Crippen molar-refractivity contribution in [1.82, 2.24) is 4.90 Å². The van der Waals surface area contributed by atoms with Crippen LogP contribution in [0.5, 0.6) is 0 Å². The molecule has 2 aromatic rings. The highest BCUT2D eigenvalue weighted by atomic mass is 19.1. The highest BCUT2D eigenvalue weighted by molar-refractivity contribution is 6.00. The fourth-order valence-corrected chi connectivity index (χ4v) is 3.21. The number of benzene rings is 2. The molecular weight excluding hydrogens is 331 g/mol. The second-order valence-electron chi connectivity index (χ2n) is 6.45. The minimum atomic E-state index is -1.04. The molecule has 1 heterocycles. The van der Waals surface area contributed by atoms with E-state index in [1.54, 1.807) is 29.2 Å². The Kier molecular flexibility index (Phi) is 5.46. The molecule has 2 amide bonds. The summed E-state index contributed by atoms with van der Waals surface area (Å²) in [5, 5.41) is 2.63. The number of hydrogen-bond donors (Lipinski definition) is 1. The van der Waals surface area contributed by atoms with Crippen molar-refractivity contribution in [3.05, 3.63) is 78.4 Å². The third kappa shape index (κ3) is 4.17. The molecule has 0 aromatic heterocycles. The third-order valence-electron chi connectivity index (χ3n) is 4.55. The molecule has 1 aliphatic rings. The van der Waals surface area contributed by atoms with E-state index < -0.39 is 6.17 Å². The first kappa shape index (κ1) is 17.9. The SMILES string of the molecule is C=CC(=O)Nc1cccc(C(=O)N2C[C@H](Cc3ccccc3)[C@H](F)C2)c1. The van der Waals surface area contributed by atoms with Crippen LogP contribution in [-0.4, -0.2) is 36.0 Å². The quantitative estimate of drug-likeness (QED) is 0.838. The molecule has 0 unspecified atom stereocenters. The lowest BCUT2D eigenvalue weighted by atomic mass is 9.97. The molecule has 2 atom stereocenters. The van der Waals surface area contributed by atoms with Gasteiger partial charge in [0.1, 0.15) is 6.17 Å². The van der Waals surface area contributed by atoms with Gasteiger partial charge in [-0.1, -0.05) is 43.0 Å². The van der Waals surface area contributed by atoms with Crippen LogP contribution < -0.4 is 5.32 Å². The predicted octanol–water partition coefficient (Wildman–Crippen LogP) is 3.46. The van der Waals surface area contributed by atoms with E-state index in [0.717, 1.165) is 11.6 Å². The van der Waals surface area contributed by atoms with Gasteiger partial charge in [0.15, 0.2) is 0 Å². The Hall–Kier alpha value is -2.95. The average Bonchev–Trinajstić information content (AvgIpc) is 3.02. The predicted molar refractivity (Wildman–Crippen MR) is 99.7 cm³/mol. The number of nitrogens with zero attached hydrogens (tertiary/aromatic N) is 1. The molecule has 1 saturated heterocycles. The van der Waals surface area contributed by atoms with Crippen LogP contribution in [0, 0.1) is 5.92 Å². The lowest BCUT2D eigenvalue weighted by molar-refractivity contribution is -0.111. The van der Waals surface area contributed by atoms with Gasteiger partial charge in [-0.25, -0.2) is 4.39 Å². The summed E-state index contributed by atoms with van der Waals surface area (Å²) in [6.07, 6.45) is 0.737. The molecule has 4 nitrogen and oxygen atoms in total. The van der Waals surface area contributed by atoms with Crippen molar-refractivity contribution in [2.45, 2.75) is 12.6 Å². The Morgan fingerprint density at radius 3 is 2.65 bits per heavy atom. The molecule has 134 valence electrons. The van der Waals surface area contributed by atoms with Crippen LogP contribution in [0.15, 0.2) is 67.3 Å². The number of alkyl halides is 1. The highest BCUT2D eigenvalue weighted by Gasteiger charge is 2.35. The van der Waals surface area contributed by atoms with Crippen molar-refractivity contribution < 1.29 is 14.0 Å². The summed E-state index contributed by atoms with van der Waals surface area (Å²) in [7, 11) is 0. The second-order valence-corrected chi connectivity index (χ2v) is 6.45. The Bertz CT molecular complexity index is 807. The number of carbonyl (C=O) groups is 2. The molecule has 2 aromatic carbocycles. The Morgan fingerprint density at radius 1 is 1.15 bits per heavy atom. The molecule has 0 radical (unpaired) electrons. The first-order valence-electron chi connectivity index (χ1n) is 8.57. The van der Waals surface area contributed by atoms with Crippen LogP contribution in [0.25, 0.3) is 0 Å². The maximum atomic E-state index is 14.4. The number of amides is 2. The zero-order valence-electron chi connectivity index (χ0n) is 14.4. The first-order chi connectivity index (χ1) is 12.6. The summed E-state index contributed by atoms with van der Waals surface area (Å²) in [4.78, 5) is 25.7. The van der Waals surface area contributed by atoms with Crippen molar-refractivity contribution in [3.63, 3.8) is 0 Å². The average molecular weight is 352 g/mol. The second kappa shape index (κ2) is 7.95. The molecule has 3 rings (SSSR count). The van der Waals surface area contributed by atoms with E-state index in [4.69, 9.17) is 0 Å². The molecule has 26 heavy (non-hydrogen) atoms. The Labute approximate surface area is 152 Å². The number of rotatable bonds is 5. The van der Waals surface area contributed by atoms with Gasteiger partial charge in [0, 0.05) is 23.7 Å². The van der Waals surface area contributed by atoms with Crippen molar-refractivity contribution in [2.75, 3.05) is 18.4 Å². The fourth-order valence-electron chi connectivity index (χ4n) is 3.21. The molecule has 0 spiro atoms. The van der Waals surface area contributed by atoms with Crippen LogP contribution in [-0.2, 0) is 11.2 Å². The van der Waals surface area contributed by atoms with E-state index in [1.165, 1.54) is 0 Å². The van der Waals surface area contributed by atoms with E-state index in [-0.39, 0.29) is 24.3 Å². The summed E-state index contributed by atoms with van der Waals surface area (Å²) in [6.45, 7) is 3.88. The normalized spacial score (nSPS) is 19.2. The van der Waals surface area contributed by atoms with E-state index in [0.29, 0.717) is 24.2 Å². The number of nitrogens with one attached hydrogen (secondary N) is 1. The lowest BCUT2D eigenvalue weighted by Crippen LogP contribution is -2.29. The lowest BCUT2D eigenvalue weighted by Gasteiger charge is -2.17. The van der Waals surface area contributed by atoms with E-state index in [1.807, 2.05) is 30.3 Å². The highest BCUT2D eigenvalue weighted by Crippen LogP contribution is 2.26. The van der Waals surface area contributed by atoms with Gasteiger partial charge in [0.2, 0.25) is 5.91 Å². The monoisotopic (exact) mass is 352 g/mol. The number of hydrogen-bond acceptors (Lipinski definition) is 2. The molecule has 1 N–H and O–H groups in total. The third-order valence-corrected chi connectivity index (χ3v) is 4.55. The van der Waals surface area contributed by atoms with Gasteiger partial charge in [-0.05, 0) is 36.3 Å². The summed E-state index contributed by atoms with van der Waals surface area (Å²) in [6, 6.07) is 16.4. The van der Waals surface area contributed by atoms with Gasteiger partial charge in [-0.2, -0.15) is 0 Å². The van der Waals surface area contributed by atoms with Gasteiger partial charge in [-0.3, -0.25) is 9.59 Å². The zero-order valence-corrected chi connectivity index (χ0v) is 14.4. The van der Waals surface area contributed by atoms with Crippen LogP contribution in [0.3, 0.4) is 0 Å². The summed E-state index contributed by atoms with van der Waals surface area (Å²) < 4.78 is 14.4. The number of halogens is 1. The summed E-state index contributed by atoms with van der Waals surface area (Å²) in [5.74, 6) is -0.773. The van der Waals surface area contributed by atoms with Gasteiger partial charge in [-0.15, -0.1) is 0 Å². The molecule has 0 aliphatic carbocycles. The van der Waals surface area contributed by atoms with Crippen LogP contribution in [0.2, 0.25) is 0 Å². The minimum absolute atomic E-state index is 0.0968. The number of likely N-dealkylation sites (tertiary alicyclic amines) is 1. The van der Waals surface area contributed by atoms with Crippen molar-refractivity contribution in [2.24, 2.45) is 5.92 Å². The molecule has 0 bridgehead atoms.